The molecule has 0 aliphatic carbocycles. The predicted octanol–water partition coefficient (Wildman–Crippen LogP) is 48.0. The Morgan fingerprint density at radius 1 is 0.121 bits per heavy atom. The van der Waals surface area contributed by atoms with Gasteiger partial charge in [-0.25, -0.2) is 0 Å². The average molecular weight is 1740 g/mol. The van der Waals surface area contributed by atoms with E-state index in [2.05, 4.69) is 60.6 Å². The Bertz CT molecular complexity index is 1850. The molecule has 0 aliphatic rings. The molecule has 0 heteroatoms. The number of allylic oxidation sites excluding steroid dienone is 2. The van der Waals surface area contributed by atoms with Gasteiger partial charge in [-0.2, -0.15) is 0 Å². The molecule has 0 aromatic heterocycles. The molecule has 0 radical (unpaired) electrons. The van der Waals surface area contributed by atoms with E-state index in [0.29, 0.717) is 10.8 Å². The first-order valence-electron chi connectivity index (χ1n) is 61.2. The minimum absolute atomic E-state index is 0.488. The van der Waals surface area contributed by atoms with E-state index in [-0.39, 0.29) is 0 Å². The molecule has 0 bridgehead atoms. The van der Waals surface area contributed by atoms with Crippen molar-refractivity contribution in [1.82, 2.24) is 0 Å². The lowest BCUT2D eigenvalue weighted by atomic mass is 9.47. The van der Waals surface area contributed by atoms with Crippen LogP contribution in [0.15, 0.2) is 12.2 Å². The van der Waals surface area contributed by atoms with Gasteiger partial charge in [0.05, 0.1) is 0 Å². The Labute approximate surface area is 791 Å². The molecule has 0 nitrogen and oxygen atoms in total. The standard InChI is InChI=1S/C124H248/c1-8-15-22-29-36-43-50-56-61-65-67-68-70-73-77-82-88-95-102-109-116-122(115-108-101-94-87-81-76-72-69-66-62-57-51-44-37-30-23-16-9-2)124(120-113-106-99-92-85-79-60-54-47-40-33-26-19-12-5,121-114-107-100-93-86-80-75-64-59-53-46-39-32-25-18-11-4)123(117-110-103-96-89-49-42-35-28-21-14-7,118-111-104-97-90-83-55-48-41-34-27-20-13-6)119-112-105-98-91-84-78-74-71-63-58-52-45-38-31-24-17-10-3/h58,63,122H,8-57,59-62,64-121H2,1-7H3. The van der Waals surface area contributed by atoms with Crippen LogP contribution in [0.3, 0.4) is 0 Å². The van der Waals surface area contributed by atoms with Crippen LogP contribution in [0, 0.1) is 16.7 Å². The van der Waals surface area contributed by atoms with Crippen LogP contribution in [-0.2, 0) is 0 Å². The van der Waals surface area contributed by atoms with Crippen LogP contribution in [0.4, 0.5) is 0 Å². The van der Waals surface area contributed by atoms with Crippen LogP contribution >= 0.6 is 0 Å². The number of unbranched alkanes of at least 4 members (excludes halogenated alkanes) is 97. The molecule has 3 unspecified atom stereocenters. The van der Waals surface area contributed by atoms with Crippen molar-refractivity contribution < 1.29 is 0 Å². The van der Waals surface area contributed by atoms with Crippen LogP contribution in [0.25, 0.3) is 0 Å². The zero-order valence-electron chi connectivity index (χ0n) is 88.9. The Hall–Kier alpha value is -0.260. The fourth-order valence-electron chi connectivity index (χ4n) is 23.0. The predicted molar refractivity (Wildman–Crippen MR) is 574 cm³/mol. The summed E-state index contributed by atoms with van der Waals surface area (Å²) in [5, 5.41) is 0. The van der Waals surface area contributed by atoms with Gasteiger partial charge in [-0.1, -0.05) is 709 Å². The molecule has 0 fully saturated rings. The molecule has 0 saturated heterocycles. The number of rotatable bonds is 115. The van der Waals surface area contributed by atoms with Gasteiger partial charge in [0.1, 0.15) is 0 Å². The second-order valence-corrected chi connectivity index (χ2v) is 43.5. The van der Waals surface area contributed by atoms with Gasteiger partial charge in [-0.05, 0) is 87.4 Å². The molecule has 0 heterocycles. The molecule has 0 rings (SSSR count). The number of hydrogen-bond acceptors (Lipinski definition) is 0. The topological polar surface area (TPSA) is 0 Å². The van der Waals surface area contributed by atoms with Crippen molar-refractivity contribution in [3.8, 4) is 0 Å². The van der Waals surface area contributed by atoms with Crippen molar-refractivity contribution >= 4 is 0 Å². The summed E-state index contributed by atoms with van der Waals surface area (Å²) in [4.78, 5) is 0. The largest absolute Gasteiger partial charge is 0.0885 e. The third kappa shape index (κ3) is 89.6. The summed E-state index contributed by atoms with van der Waals surface area (Å²) in [5.41, 5.74) is 0.980. The molecule has 124 heavy (non-hydrogen) atoms. The molecule has 744 valence electrons. The Morgan fingerprint density at radius 3 is 0.379 bits per heavy atom. The van der Waals surface area contributed by atoms with E-state index in [1.165, 1.54) is 674 Å². The maximum Gasteiger partial charge on any atom is -0.0213 e. The molecule has 0 aliphatic heterocycles. The fourth-order valence-corrected chi connectivity index (χ4v) is 23.0. The highest BCUT2D eigenvalue weighted by Crippen LogP contribution is 2.62. The van der Waals surface area contributed by atoms with Crippen LogP contribution in [0.1, 0.15) is 768 Å². The summed E-state index contributed by atoms with van der Waals surface area (Å²) in [6, 6.07) is 0. The second-order valence-electron chi connectivity index (χ2n) is 43.5. The van der Waals surface area contributed by atoms with Gasteiger partial charge in [0.25, 0.3) is 0 Å². The molecule has 0 aromatic rings. The summed E-state index contributed by atoms with van der Waals surface area (Å²) < 4.78 is 0. The number of hydrogen-bond donors (Lipinski definition) is 0. The first-order chi connectivity index (χ1) is 61.6. The van der Waals surface area contributed by atoms with Gasteiger partial charge in [0.15, 0.2) is 0 Å². The van der Waals surface area contributed by atoms with E-state index in [1.807, 2.05) is 0 Å². The Kier molecular flexibility index (Phi) is 110. The van der Waals surface area contributed by atoms with E-state index in [1.54, 1.807) is 44.9 Å². The monoisotopic (exact) mass is 1740 g/mol. The van der Waals surface area contributed by atoms with Crippen LogP contribution < -0.4 is 0 Å². The average Bonchev–Trinajstić information content (AvgIpc) is 0.748. The lowest BCUT2D eigenvalue weighted by Crippen LogP contribution is -2.48. The SMILES string of the molecule is CCCCCCCCC=CCCCCCCCCCC(CCCCCCCCCCCC)(CCCCCCCCCCCCCC)C(CCCCCCCCCCCCCCCC)(CCCCCCCCCCCCCCCCCC)C(CCCCCCCCCCCCCCCCCCCC)CCCCCCCCCCCCCCCCCCCCCC. The molecule has 0 amide bonds. The summed E-state index contributed by atoms with van der Waals surface area (Å²) in [6.45, 7) is 16.6. The molecular weight excluding hydrogens is 1490 g/mol. The van der Waals surface area contributed by atoms with Crippen molar-refractivity contribution in [2.45, 2.75) is 768 Å². The lowest BCUT2D eigenvalue weighted by Gasteiger charge is -2.57. The van der Waals surface area contributed by atoms with Crippen molar-refractivity contribution in [3.63, 3.8) is 0 Å². The van der Waals surface area contributed by atoms with E-state index in [4.69, 9.17) is 0 Å². The first-order valence-corrected chi connectivity index (χ1v) is 61.2. The summed E-state index contributed by atoms with van der Waals surface area (Å²) >= 11 is 0. The van der Waals surface area contributed by atoms with E-state index in [0.717, 1.165) is 5.92 Å². The first kappa shape index (κ1) is 124. The quantitative estimate of drug-likeness (QED) is 0.0421. The van der Waals surface area contributed by atoms with E-state index < -0.39 is 0 Å². The van der Waals surface area contributed by atoms with Crippen LogP contribution in [0.2, 0.25) is 0 Å². The Morgan fingerprint density at radius 2 is 0.234 bits per heavy atom. The summed E-state index contributed by atoms with van der Waals surface area (Å²) in [6.07, 6.45) is 171. The highest BCUT2D eigenvalue weighted by Gasteiger charge is 2.52. The van der Waals surface area contributed by atoms with Crippen molar-refractivity contribution in [1.29, 1.82) is 0 Å². The second kappa shape index (κ2) is 110. The highest BCUT2D eigenvalue weighted by molar-refractivity contribution is 5.02. The molecule has 0 spiro atoms. The van der Waals surface area contributed by atoms with Gasteiger partial charge < -0.3 is 0 Å². The van der Waals surface area contributed by atoms with Crippen molar-refractivity contribution in [2.75, 3.05) is 0 Å². The van der Waals surface area contributed by atoms with Gasteiger partial charge in [-0.15, -0.1) is 0 Å². The summed E-state index contributed by atoms with van der Waals surface area (Å²) in [5.74, 6) is 0.919. The third-order valence-corrected chi connectivity index (χ3v) is 31.5. The zero-order valence-corrected chi connectivity index (χ0v) is 88.9. The minimum atomic E-state index is 0.488. The van der Waals surface area contributed by atoms with Gasteiger partial charge in [0.2, 0.25) is 0 Å². The molecule has 0 aromatic carbocycles. The van der Waals surface area contributed by atoms with Gasteiger partial charge in [0, 0.05) is 0 Å². The maximum absolute atomic E-state index is 2.57. The molecule has 0 saturated carbocycles. The smallest absolute Gasteiger partial charge is 0.0213 e. The molecular formula is C124H248. The van der Waals surface area contributed by atoms with Crippen LogP contribution in [-0.4, -0.2) is 0 Å². The van der Waals surface area contributed by atoms with Crippen molar-refractivity contribution in [2.24, 2.45) is 16.7 Å². The molecule has 0 N–H and O–H groups in total. The normalized spacial score (nSPS) is 13.2. The Balaban J connectivity index is 7.69. The van der Waals surface area contributed by atoms with Crippen molar-refractivity contribution in [3.05, 3.63) is 12.2 Å². The summed E-state index contributed by atoms with van der Waals surface area (Å²) in [7, 11) is 0. The van der Waals surface area contributed by atoms with E-state index in [9.17, 15) is 0 Å². The van der Waals surface area contributed by atoms with Gasteiger partial charge in [-0.3, -0.25) is 0 Å². The van der Waals surface area contributed by atoms with E-state index >= 15 is 0 Å². The maximum atomic E-state index is 2.57. The zero-order chi connectivity index (χ0) is 89.2. The van der Waals surface area contributed by atoms with Gasteiger partial charge >= 0.3 is 0 Å². The molecule has 3 atom stereocenters. The highest BCUT2D eigenvalue weighted by atomic mass is 14.6. The van der Waals surface area contributed by atoms with Crippen LogP contribution in [0.5, 0.6) is 0 Å². The lowest BCUT2D eigenvalue weighted by molar-refractivity contribution is -0.0763. The third-order valence-electron chi connectivity index (χ3n) is 31.5. The minimum Gasteiger partial charge on any atom is -0.0885 e. The fraction of sp³-hybridized carbons (Fsp3) is 0.984.